The Bertz CT molecular complexity index is 1340. The monoisotopic (exact) mass is 509 g/mol. The molecule has 5 rings (SSSR count). The zero-order chi connectivity index (χ0) is 25.1. The number of ether oxygens (including phenoxy) is 3. The minimum Gasteiger partial charge on any atom is -0.497 e. The zero-order valence-corrected chi connectivity index (χ0v) is 20.2. The summed E-state index contributed by atoms with van der Waals surface area (Å²) in [4.78, 5) is 47.0. The van der Waals surface area contributed by atoms with Crippen LogP contribution in [-0.2, 0) is 9.53 Å². The summed E-state index contributed by atoms with van der Waals surface area (Å²) in [7, 11) is 1.60. The summed E-state index contributed by atoms with van der Waals surface area (Å²) in [5.74, 6) is 1.34. The minimum absolute atomic E-state index is 0.0845. The SMILES string of the molecule is COc1ccc2nccc([C@@H]3CN(CCCNC(=O)Oc4ccc5c(n4)NC(=O)CS5)C(=O)O3)c2c1. The van der Waals surface area contributed by atoms with E-state index < -0.39 is 18.3 Å². The number of benzene rings is 1. The Morgan fingerprint density at radius 1 is 1.28 bits per heavy atom. The average molecular weight is 510 g/mol. The number of nitrogens with zero attached hydrogens (tertiary/aromatic N) is 3. The second kappa shape index (κ2) is 10.3. The third kappa shape index (κ3) is 5.13. The lowest BCUT2D eigenvalue weighted by Gasteiger charge is -2.16. The van der Waals surface area contributed by atoms with E-state index in [2.05, 4.69) is 20.6 Å². The molecule has 11 nitrogen and oxygen atoms in total. The number of pyridine rings is 2. The highest BCUT2D eigenvalue weighted by atomic mass is 32.2. The van der Waals surface area contributed by atoms with Gasteiger partial charge in [-0.1, -0.05) is 0 Å². The third-order valence-corrected chi connectivity index (χ3v) is 6.78. The molecule has 1 fully saturated rings. The molecule has 0 radical (unpaired) electrons. The van der Waals surface area contributed by atoms with Crippen LogP contribution >= 0.6 is 11.8 Å². The van der Waals surface area contributed by atoms with Crippen LogP contribution in [0.15, 0.2) is 47.5 Å². The van der Waals surface area contributed by atoms with Crippen LogP contribution in [0.1, 0.15) is 18.1 Å². The maximum Gasteiger partial charge on any atom is 0.413 e. The molecule has 12 heteroatoms. The summed E-state index contributed by atoms with van der Waals surface area (Å²) in [5, 5.41) is 6.16. The number of thioether (sulfide) groups is 1. The van der Waals surface area contributed by atoms with Gasteiger partial charge < -0.3 is 29.7 Å². The average Bonchev–Trinajstić information content (AvgIpc) is 3.25. The summed E-state index contributed by atoms with van der Waals surface area (Å²) in [6, 6.07) is 10.7. The van der Waals surface area contributed by atoms with E-state index in [1.807, 2.05) is 24.3 Å². The van der Waals surface area contributed by atoms with Gasteiger partial charge in [0.2, 0.25) is 11.8 Å². The highest BCUT2D eigenvalue weighted by Crippen LogP contribution is 2.33. The molecule has 186 valence electrons. The highest BCUT2D eigenvalue weighted by molar-refractivity contribution is 8.00. The molecular weight excluding hydrogens is 486 g/mol. The number of carbonyl (C=O) groups excluding carboxylic acids is 3. The third-order valence-electron chi connectivity index (χ3n) is 5.74. The Morgan fingerprint density at radius 2 is 2.17 bits per heavy atom. The van der Waals surface area contributed by atoms with Gasteiger partial charge >= 0.3 is 12.2 Å². The smallest absolute Gasteiger partial charge is 0.413 e. The van der Waals surface area contributed by atoms with Crippen molar-refractivity contribution in [3.63, 3.8) is 0 Å². The zero-order valence-electron chi connectivity index (χ0n) is 19.4. The molecule has 3 aromatic rings. The Morgan fingerprint density at radius 3 is 3.03 bits per heavy atom. The van der Waals surface area contributed by atoms with Gasteiger partial charge in [-0.15, -0.1) is 11.8 Å². The maximum atomic E-state index is 12.4. The number of carbonyl (C=O) groups is 3. The predicted octanol–water partition coefficient (Wildman–Crippen LogP) is 3.35. The molecule has 1 aromatic carbocycles. The Balaban J connectivity index is 1.12. The minimum atomic E-state index is -0.670. The van der Waals surface area contributed by atoms with Crippen LogP contribution in [0.25, 0.3) is 10.9 Å². The summed E-state index contributed by atoms with van der Waals surface area (Å²) in [6.45, 7) is 1.09. The molecule has 2 N–H and O–H groups in total. The number of fused-ring (bicyclic) bond motifs is 2. The number of aromatic nitrogens is 2. The van der Waals surface area contributed by atoms with Crippen molar-refractivity contribution in [2.75, 3.05) is 37.8 Å². The summed E-state index contributed by atoms with van der Waals surface area (Å²) >= 11 is 1.37. The molecule has 36 heavy (non-hydrogen) atoms. The lowest BCUT2D eigenvalue weighted by Crippen LogP contribution is -2.32. The molecule has 2 aliphatic rings. The molecule has 0 saturated carbocycles. The number of rotatable bonds is 7. The lowest BCUT2D eigenvalue weighted by atomic mass is 10.0. The van der Waals surface area contributed by atoms with Crippen LogP contribution in [0.3, 0.4) is 0 Å². The first-order valence-corrected chi connectivity index (χ1v) is 12.3. The van der Waals surface area contributed by atoms with Crippen molar-refractivity contribution in [3.8, 4) is 11.6 Å². The first kappa shape index (κ1) is 23.7. The van der Waals surface area contributed by atoms with Crippen molar-refractivity contribution in [1.29, 1.82) is 0 Å². The van der Waals surface area contributed by atoms with E-state index in [0.29, 0.717) is 43.4 Å². The van der Waals surface area contributed by atoms with E-state index in [-0.39, 0.29) is 11.8 Å². The fourth-order valence-electron chi connectivity index (χ4n) is 4.00. The van der Waals surface area contributed by atoms with Gasteiger partial charge in [0.1, 0.15) is 17.7 Å². The molecule has 0 spiro atoms. The van der Waals surface area contributed by atoms with Gasteiger partial charge in [0, 0.05) is 36.3 Å². The van der Waals surface area contributed by atoms with Gasteiger partial charge in [0.05, 0.1) is 29.8 Å². The Labute approximate surface area is 210 Å². The number of amides is 3. The molecule has 0 aliphatic carbocycles. The summed E-state index contributed by atoms with van der Waals surface area (Å²) in [6.07, 6.45) is 0.693. The van der Waals surface area contributed by atoms with Gasteiger partial charge in [-0.2, -0.15) is 4.98 Å². The topological polar surface area (TPSA) is 132 Å². The highest BCUT2D eigenvalue weighted by Gasteiger charge is 2.33. The molecule has 1 atom stereocenters. The normalized spacial score (nSPS) is 16.8. The predicted molar refractivity (Wildman–Crippen MR) is 131 cm³/mol. The van der Waals surface area contributed by atoms with Crippen molar-refractivity contribution in [2.45, 2.75) is 17.4 Å². The van der Waals surface area contributed by atoms with Gasteiger partial charge in [-0.3, -0.25) is 9.78 Å². The van der Waals surface area contributed by atoms with E-state index in [4.69, 9.17) is 14.2 Å². The van der Waals surface area contributed by atoms with Gasteiger partial charge in [0.15, 0.2) is 0 Å². The van der Waals surface area contributed by atoms with Crippen LogP contribution in [-0.4, -0.2) is 65.5 Å². The second-order valence-electron chi connectivity index (χ2n) is 8.10. The fraction of sp³-hybridized carbons (Fsp3) is 0.292. The molecule has 2 aromatic heterocycles. The van der Waals surface area contributed by atoms with Crippen molar-refractivity contribution in [1.82, 2.24) is 20.2 Å². The van der Waals surface area contributed by atoms with Crippen LogP contribution in [0.4, 0.5) is 15.4 Å². The standard InChI is InChI=1S/C24H23N5O6S/c1-33-14-3-4-17-16(11-14)15(7-9-25-17)18-12-29(24(32)34-18)10-2-8-26-23(31)35-21-6-5-19-22(28-21)27-20(30)13-36-19/h3-7,9,11,18H,2,8,10,12-13H2,1H3,(H,26,31)(H,27,28,30)/t18-/m0/s1. The molecule has 2 aliphatic heterocycles. The van der Waals surface area contributed by atoms with E-state index >= 15 is 0 Å². The Kier molecular flexibility index (Phi) is 6.76. The van der Waals surface area contributed by atoms with E-state index in [9.17, 15) is 14.4 Å². The fourth-order valence-corrected chi connectivity index (χ4v) is 4.76. The van der Waals surface area contributed by atoms with E-state index in [1.54, 1.807) is 30.3 Å². The van der Waals surface area contributed by atoms with Crippen LogP contribution in [0.2, 0.25) is 0 Å². The number of nitrogens with one attached hydrogen (secondary N) is 2. The first-order valence-electron chi connectivity index (χ1n) is 11.3. The van der Waals surface area contributed by atoms with Crippen LogP contribution in [0, 0.1) is 0 Å². The van der Waals surface area contributed by atoms with Gasteiger partial charge in [-0.05, 0) is 36.8 Å². The Hall–Kier alpha value is -4.06. The first-order chi connectivity index (χ1) is 17.5. The molecule has 4 heterocycles. The number of cyclic esters (lactones) is 1. The van der Waals surface area contributed by atoms with E-state index in [0.717, 1.165) is 21.4 Å². The summed E-state index contributed by atoms with van der Waals surface area (Å²) < 4.78 is 16.1. The largest absolute Gasteiger partial charge is 0.497 e. The van der Waals surface area contributed by atoms with Crippen LogP contribution in [0.5, 0.6) is 11.6 Å². The van der Waals surface area contributed by atoms with Crippen molar-refractivity contribution in [2.24, 2.45) is 0 Å². The number of hydrogen-bond donors (Lipinski definition) is 2. The van der Waals surface area contributed by atoms with Gasteiger partial charge in [0.25, 0.3) is 0 Å². The van der Waals surface area contributed by atoms with Crippen molar-refractivity contribution < 1.29 is 28.6 Å². The lowest BCUT2D eigenvalue weighted by molar-refractivity contribution is -0.113. The molecule has 3 amide bonds. The molecule has 0 bridgehead atoms. The van der Waals surface area contributed by atoms with Crippen molar-refractivity contribution in [3.05, 3.63) is 48.2 Å². The number of methoxy groups -OCH3 is 1. The van der Waals surface area contributed by atoms with Crippen molar-refractivity contribution >= 4 is 46.6 Å². The summed E-state index contributed by atoms with van der Waals surface area (Å²) in [5.41, 5.74) is 1.66. The quantitative estimate of drug-likeness (QED) is 0.460. The van der Waals surface area contributed by atoms with Gasteiger partial charge in [-0.25, -0.2) is 9.59 Å². The molecule has 0 unspecified atom stereocenters. The molecular formula is C24H23N5O6S. The van der Waals surface area contributed by atoms with Crippen LogP contribution < -0.4 is 20.1 Å². The van der Waals surface area contributed by atoms with E-state index in [1.165, 1.54) is 11.8 Å². The maximum absolute atomic E-state index is 12.4. The molecule has 1 saturated heterocycles. The second-order valence-corrected chi connectivity index (χ2v) is 9.12. The number of anilines is 1. The number of hydrogen-bond acceptors (Lipinski definition) is 9.